The van der Waals surface area contributed by atoms with Crippen molar-refractivity contribution in [1.29, 1.82) is 0 Å². The summed E-state index contributed by atoms with van der Waals surface area (Å²) in [4.78, 5) is 27.4. The summed E-state index contributed by atoms with van der Waals surface area (Å²) in [5.74, 6) is -1.61. The number of aromatic hydroxyl groups is 1. The number of phenolic OH excluding ortho intramolecular Hbond substituents is 1. The molecule has 10 heteroatoms. The van der Waals surface area contributed by atoms with Crippen LogP contribution in [0, 0.1) is 0 Å². The van der Waals surface area contributed by atoms with Gasteiger partial charge in [0.15, 0.2) is 11.5 Å². The third kappa shape index (κ3) is 4.62. The molecule has 9 nitrogen and oxygen atoms in total. The third-order valence-corrected chi connectivity index (χ3v) is 5.70. The molecule has 1 amide bonds. The van der Waals surface area contributed by atoms with Crippen LogP contribution in [0.2, 0.25) is 5.02 Å². The number of methoxy groups -OCH3 is 3. The second kappa shape index (κ2) is 10.7. The number of hydrogen-bond donors (Lipinski definition) is 2. The van der Waals surface area contributed by atoms with E-state index in [1.807, 2.05) is 0 Å². The van der Waals surface area contributed by atoms with Crippen LogP contribution in [0.25, 0.3) is 5.76 Å². The quantitative estimate of drug-likeness (QED) is 0.311. The molecular formula is C24H26ClNO8. The number of amides is 1. The van der Waals surface area contributed by atoms with Gasteiger partial charge >= 0.3 is 0 Å². The molecule has 1 fully saturated rings. The number of carbonyl (C=O) groups excluding carboxylic acids is 2. The largest absolute Gasteiger partial charge is 0.507 e. The maximum atomic E-state index is 13.1. The number of phenols is 1. The normalized spacial score (nSPS) is 17.2. The van der Waals surface area contributed by atoms with Crippen LogP contribution in [0.1, 0.15) is 24.1 Å². The number of nitrogens with zero attached hydrogens (tertiary/aromatic N) is 1. The lowest BCUT2D eigenvalue weighted by molar-refractivity contribution is -0.140. The standard InChI is InChI=1S/C24H26ClNO8/c1-5-34-19-10-13(6-7-16(19)27)21-20(23(29)24(30)26(21)8-9-31-2)22(28)14-11-18(33-4)15(25)12-17(14)32-3/h6-7,10-12,21,27-28H,5,8-9H2,1-4H3/b22-20+. The van der Waals surface area contributed by atoms with E-state index in [1.54, 1.807) is 13.0 Å². The smallest absolute Gasteiger partial charge is 0.295 e. The zero-order chi connectivity index (χ0) is 25.0. The van der Waals surface area contributed by atoms with Crippen molar-refractivity contribution < 1.29 is 38.7 Å². The average Bonchev–Trinajstić information content (AvgIpc) is 3.08. The highest BCUT2D eigenvalue weighted by Gasteiger charge is 2.46. The summed E-state index contributed by atoms with van der Waals surface area (Å²) in [5.41, 5.74) is 0.428. The van der Waals surface area contributed by atoms with Gasteiger partial charge in [-0.3, -0.25) is 9.59 Å². The molecule has 1 atom stereocenters. The second-order valence-electron chi connectivity index (χ2n) is 7.33. The van der Waals surface area contributed by atoms with E-state index in [-0.39, 0.29) is 52.3 Å². The minimum atomic E-state index is -0.971. The first-order valence-electron chi connectivity index (χ1n) is 10.4. The topological polar surface area (TPSA) is 115 Å². The Morgan fingerprint density at radius 2 is 1.76 bits per heavy atom. The number of aliphatic hydroxyl groups is 1. The van der Waals surface area contributed by atoms with Crippen molar-refractivity contribution in [2.75, 3.05) is 41.1 Å². The summed E-state index contributed by atoms with van der Waals surface area (Å²) in [7, 11) is 4.27. The van der Waals surface area contributed by atoms with Gasteiger partial charge in [0.05, 0.1) is 49.6 Å². The molecule has 2 aromatic rings. The van der Waals surface area contributed by atoms with Gasteiger partial charge in [0.2, 0.25) is 0 Å². The van der Waals surface area contributed by atoms with Crippen LogP contribution in [-0.2, 0) is 14.3 Å². The molecule has 34 heavy (non-hydrogen) atoms. The van der Waals surface area contributed by atoms with Crippen LogP contribution >= 0.6 is 11.6 Å². The van der Waals surface area contributed by atoms with Crippen molar-refractivity contribution in [3.05, 3.63) is 52.1 Å². The van der Waals surface area contributed by atoms with Crippen LogP contribution in [0.4, 0.5) is 0 Å². The van der Waals surface area contributed by atoms with Crippen molar-refractivity contribution in [3.63, 3.8) is 0 Å². The minimum absolute atomic E-state index is 0.0917. The van der Waals surface area contributed by atoms with Gasteiger partial charge in [0.25, 0.3) is 11.7 Å². The number of ether oxygens (including phenoxy) is 4. The maximum Gasteiger partial charge on any atom is 0.295 e. The van der Waals surface area contributed by atoms with Crippen molar-refractivity contribution in [1.82, 2.24) is 4.90 Å². The van der Waals surface area contributed by atoms with Crippen LogP contribution < -0.4 is 14.2 Å². The van der Waals surface area contributed by atoms with Crippen molar-refractivity contribution in [2.24, 2.45) is 0 Å². The Kier molecular flexibility index (Phi) is 7.90. The Hall–Kier alpha value is -3.43. The lowest BCUT2D eigenvalue weighted by atomic mass is 9.94. The zero-order valence-corrected chi connectivity index (χ0v) is 20.0. The molecule has 0 radical (unpaired) electrons. The molecule has 1 unspecified atom stereocenters. The predicted octanol–water partition coefficient (Wildman–Crippen LogP) is 3.53. The van der Waals surface area contributed by atoms with E-state index in [9.17, 15) is 19.8 Å². The van der Waals surface area contributed by atoms with Gasteiger partial charge in [-0.05, 0) is 30.7 Å². The first-order valence-corrected chi connectivity index (χ1v) is 10.8. The van der Waals surface area contributed by atoms with Crippen LogP contribution in [0.3, 0.4) is 0 Å². The highest BCUT2D eigenvalue weighted by molar-refractivity contribution is 6.46. The first-order chi connectivity index (χ1) is 16.3. The molecule has 1 aliphatic heterocycles. The molecule has 1 heterocycles. The first kappa shape index (κ1) is 25.2. The molecule has 0 saturated carbocycles. The van der Waals surface area contributed by atoms with E-state index >= 15 is 0 Å². The number of carbonyl (C=O) groups is 2. The van der Waals surface area contributed by atoms with Crippen molar-refractivity contribution in [3.8, 4) is 23.0 Å². The number of likely N-dealkylation sites (tertiary alicyclic amines) is 1. The van der Waals surface area contributed by atoms with E-state index in [0.717, 1.165) is 0 Å². The minimum Gasteiger partial charge on any atom is -0.507 e. The summed E-state index contributed by atoms with van der Waals surface area (Å²) in [6.07, 6.45) is 0. The number of ketones is 1. The average molecular weight is 492 g/mol. The SMILES string of the molecule is CCOc1cc(C2/C(=C(\O)c3cc(OC)c(Cl)cc3OC)C(=O)C(=O)N2CCOC)ccc1O. The van der Waals surface area contributed by atoms with Crippen LogP contribution in [-0.4, -0.2) is 67.9 Å². The van der Waals surface area contributed by atoms with Crippen LogP contribution in [0.15, 0.2) is 35.9 Å². The fourth-order valence-electron chi connectivity index (χ4n) is 3.81. The van der Waals surface area contributed by atoms with Gasteiger partial charge in [-0.15, -0.1) is 0 Å². The maximum absolute atomic E-state index is 13.1. The molecule has 2 N–H and O–H groups in total. The highest BCUT2D eigenvalue weighted by Crippen LogP contribution is 2.44. The lowest BCUT2D eigenvalue weighted by Gasteiger charge is -2.25. The molecule has 1 aliphatic rings. The Bertz CT molecular complexity index is 1130. The number of rotatable bonds is 9. The van der Waals surface area contributed by atoms with E-state index in [2.05, 4.69) is 0 Å². The molecular weight excluding hydrogens is 466 g/mol. The number of benzene rings is 2. The Balaban J connectivity index is 2.27. The summed E-state index contributed by atoms with van der Waals surface area (Å²) in [6, 6.07) is 6.39. The molecule has 0 aromatic heterocycles. The van der Waals surface area contributed by atoms with Gasteiger partial charge in [0.1, 0.15) is 17.3 Å². The Morgan fingerprint density at radius 3 is 2.38 bits per heavy atom. The Morgan fingerprint density at radius 1 is 1.06 bits per heavy atom. The van der Waals surface area contributed by atoms with E-state index in [1.165, 1.54) is 50.5 Å². The van der Waals surface area contributed by atoms with Gasteiger partial charge in [-0.2, -0.15) is 0 Å². The second-order valence-corrected chi connectivity index (χ2v) is 7.74. The molecule has 182 valence electrons. The summed E-state index contributed by atoms with van der Waals surface area (Å²) in [5, 5.41) is 21.7. The third-order valence-electron chi connectivity index (χ3n) is 5.40. The molecule has 0 spiro atoms. The summed E-state index contributed by atoms with van der Waals surface area (Å²) >= 11 is 6.18. The van der Waals surface area contributed by atoms with E-state index < -0.39 is 23.5 Å². The van der Waals surface area contributed by atoms with Crippen LogP contribution in [0.5, 0.6) is 23.0 Å². The lowest BCUT2D eigenvalue weighted by Crippen LogP contribution is -2.32. The molecule has 0 bridgehead atoms. The number of halogens is 1. The van der Waals surface area contributed by atoms with Crippen molar-refractivity contribution >= 4 is 29.1 Å². The van der Waals surface area contributed by atoms with Gasteiger partial charge in [0, 0.05) is 19.7 Å². The van der Waals surface area contributed by atoms with E-state index in [0.29, 0.717) is 12.2 Å². The predicted molar refractivity (Wildman–Crippen MR) is 125 cm³/mol. The van der Waals surface area contributed by atoms with Gasteiger partial charge < -0.3 is 34.1 Å². The zero-order valence-electron chi connectivity index (χ0n) is 19.3. The summed E-state index contributed by atoms with van der Waals surface area (Å²) in [6.45, 7) is 2.31. The number of hydrogen-bond acceptors (Lipinski definition) is 8. The molecule has 2 aromatic carbocycles. The van der Waals surface area contributed by atoms with E-state index in [4.69, 9.17) is 30.5 Å². The fraction of sp³-hybridized carbons (Fsp3) is 0.333. The molecule has 0 aliphatic carbocycles. The fourth-order valence-corrected chi connectivity index (χ4v) is 4.04. The van der Waals surface area contributed by atoms with Gasteiger partial charge in [-0.25, -0.2) is 0 Å². The highest BCUT2D eigenvalue weighted by atomic mass is 35.5. The molecule has 1 saturated heterocycles. The molecule has 3 rings (SSSR count). The monoisotopic (exact) mass is 491 g/mol. The number of Topliss-reactive ketones (excluding diaryl/α,β-unsaturated/α-hetero) is 1. The number of aliphatic hydroxyl groups excluding tert-OH is 1. The Labute approximate surface area is 202 Å². The van der Waals surface area contributed by atoms with Crippen molar-refractivity contribution in [2.45, 2.75) is 13.0 Å². The van der Waals surface area contributed by atoms with Gasteiger partial charge in [-0.1, -0.05) is 17.7 Å². The summed E-state index contributed by atoms with van der Waals surface area (Å²) < 4.78 is 21.2.